The zero-order valence-electron chi connectivity index (χ0n) is 15.1. The fourth-order valence-corrected chi connectivity index (χ4v) is 3.01. The Morgan fingerprint density at radius 3 is 2.41 bits per heavy atom. The summed E-state index contributed by atoms with van der Waals surface area (Å²) in [6, 6.07) is 13.6. The van der Waals surface area contributed by atoms with Gasteiger partial charge in [-0.15, -0.1) is 0 Å². The van der Waals surface area contributed by atoms with Gasteiger partial charge in [0.1, 0.15) is 0 Å². The van der Waals surface area contributed by atoms with Crippen LogP contribution in [0.25, 0.3) is 0 Å². The molecule has 1 fully saturated rings. The number of nitrogens with one attached hydrogen (secondary N) is 1. The molecule has 7 heteroatoms. The monoisotopic (exact) mass is 367 g/mol. The van der Waals surface area contributed by atoms with E-state index in [1.165, 1.54) is 6.07 Å². The number of hydrogen-bond acceptors (Lipinski definition) is 4. The second-order valence-electron chi connectivity index (χ2n) is 6.59. The normalized spacial score (nSPS) is 13.1. The van der Waals surface area contributed by atoms with Crippen molar-refractivity contribution in [2.45, 2.75) is 31.8 Å². The van der Waals surface area contributed by atoms with Gasteiger partial charge in [-0.3, -0.25) is 19.7 Å². The quantitative estimate of drug-likeness (QED) is 0.601. The van der Waals surface area contributed by atoms with E-state index in [2.05, 4.69) is 5.32 Å². The highest BCUT2D eigenvalue weighted by Gasteiger charge is 2.33. The summed E-state index contributed by atoms with van der Waals surface area (Å²) < 4.78 is 0. The third-order valence-corrected chi connectivity index (χ3v) is 4.63. The minimum Gasteiger partial charge on any atom is -0.355 e. The lowest BCUT2D eigenvalue weighted by Crippen LogP contribution is -2.34. The Morgan fingerprint density at radius 1 is 1.15 bits per heavy atom. The number of carbonyl (C=O) groups is 2. The van der Waals surface area contributed by atoms with Gasteiger partial charge in [0.2, 0.25) is 5.91 Å². The van der Waals surface area contributed by atoms with Gasteiger partial charge in [-0.1, -0.05) is 30.3 Å². The van der Waals surface area contributed by atoms with Gasteiger partial charge in [0.05, 0.1) is 11.3 Å². The lowest BCUT2D eigenvalue weighted by Gasteiger charge is -2.23. The Hall–Kier alpha value is -3.22. The van der Waals surface area contributed by atoms with Crippen LogP contribution in [0, 0.1) is 10.1 Å². The Bertz CT molecular complexity index is 860. The number of nitro benzene ring substituents is 1. The van der Waals surface area contributed by atoms with E-state index in [1.54, 1.807) is 42.3 Å². The number of nitrogens with zero attached hydrogens (tertiary/aromatic N) is 2. The van der Waals surface area contributed by atoms with E-state index in [0.29, 0.717) is 17.7 Å². The van der Waals surface area contributed by atoms with Crippen molar-refractivity contribution in [1.29, 1.82) is 0 Å². The van der Waals surface area contributed by atoms with Gasteiger partial charge < -0.3 is 10.2 Å². The molecule has 0 heterocycles. The first-order valence-electron chi connectivity index (χ1n) is 8.82. The molecule has 1 aliphatic rings. The van der Waals surface area contributed by atoms with Crippen molar-refractivity contribution in [3.8, 4) is 0 Å². The maximum Gasteiger partial charge on any atom is 0.273 e. The molecular formula is C20H21N3O4. The molecule has 0 atom stereocenters. The van der Waals surface area contributed by atoms with Crippen LogP contribution in [0.15, 0.2) is 48.5 Å². The number of carbonyl (C=O) groups excluding carboxylic acids is 2. The SMILES string of the molecule is CNC(=O)c1ccc(CN(C(=O)Cc2ccccc2[N+](=O)[O-])C2CC2)cc1. The Labute approximate surface area is 157 Å². The minimum atomic E-state index is -0.457. The summed E-state index contributed by atoms with van der Waals surface area (Å²) in [6.45, 7) is 0.429. The zero-order valence-corrected chi connectivity index (χ0v) is 15.1. The number of rotatable bonds is 7. The van der Waals surface area contributed by atoms with Gasteiger partial charge in [0.15, 0.2) is 0 Å². The maximum atomic E-state index is 12.8. The molecular weight excluding hydrogens is 346 g/mol. The highest BCUT2D eigenvalue weighted by molar-refractivity contribution is 5.93. The molecule has 2 amide bonds. The molecule has 27 heavy (non-hydrogen) atoms. The van der Waals surface area contributed by atoms with Crippen LogP contribution in [0.3, 0.4) is 0 Å². The standard InChI is InChI=1S/C20H21N3O4/c1-21-20(25)15-8-6-14(7-9-15)13-22(17-10-11-17)19(24)12-16-4-2-3-5-18(16)23(26)27/h2-9,17H,10-13H2,1H3,(H,21,25). The van der Waals surface area contributed by atoms with E-state index < -0.39 is 4.92 Å². The summed E-state index contributed by atoms with van der Waals surface area (Å²) in [6.07, 6.45) is 1.89. The molecule has 1 N–H and O–H groups in total. The molecule has 140 valence electrons. The van der Waals surface area contributed by atoms with Crippen molar-refractivity contribution in [3.63, 3.8) is 0 Å². The Kier molecular flexibility index (Phi) is 5.49. The average Bonchev–Trinajstić information content (AvgIpc) is 3.51. The van der Waals surface area contributed by atoms with Gasteiger partial charge in [-0.2, -0.15) is 0 Å². The number of benzene rings is 2. The average molecular weight is 367 g/mol. The van der Waals surface area contributed by atoms with Crippen LogP contribution in [0.5, 0.6) is 0 Å². The molecule has 0 spiro atoms. The van der Waals surface area contributed by atoms with E-state index in [0.717, 1.165) is 18.4 Å². The summed E-state index contributed by atoms with van der Waals surface area (Å²) in [5.74, 6) is -0.282. The lowest BCUT2D eigenvalue weighted by molar-refractivity contribution is -0.385. The fourth-order valence-electron chi connectivity index (χ4n) is 3.01. The molecule has 0 unspecified atom stereocenters. The van der Waals surface area contributed by atoms with Crippen LogP contribution in [0.1, 0.15) is 34.3 Å². The molecule has 2 aromatic carbocycles. The summed E-state index contributed by atoms with van der Waals surface area (Å²) in [7, 11) is 1.58. The lowest BCUT2D eigenvalue weighted by atomic mass is 10.1. The van der Waals surface area contributed by atoms with Crippen LogP contribution >= 0.6 is 0 Å². The van der Waals surface area contributed by atoms with Crippen molar-refractivity contribution in [1.82, 2.24) is 10.2 Å². The molecule has 2 aromatic rings. The van der Waals surface area contributed by atoms with Crippen molar-refractivity contribution >= 4 is 17.5 Å². The summed E-state index contributed by atoms with van der Waals surface area (Å²) in [5, 5.41) is 13.7. The van der Waals surface area contributed by atoms with E-state index in [9.17, 15) is 19.7 Å². The van der Waals surface area contributed by atoms with Gasteiger partial charge >= 0.3 is 0 Å². The molecule has 1 aliphatic carbocycles. The maximum absolute atomic E-state index is 12.8. The first kappa shape index (κ1) is 18.6. The van der Waals surface area contributed by atoms with E-state index in [-0.39, 0.29) is 30.0 Å². The summed E-state index contributed by atoms with van der Waals surface area (Å²) in [4.78, 5) is 37.0. The predicted octanol–water partition coefficient (Wildman–Crippen LogP) is 2.69. The second kappa shape index (κ2) is 7.99. The molecule has 0 radical (unpaired) electrons. The van der Waals surface area contributed by atoms with Crippen molar-refractivity contribution in [2.75, 3.05) is 7.05 Å². The van der Waals surface area contributed by atoms with Crippen LogP contribution in [-0.2, 0) is 17.8 Å². The van der Waals surface area contributed by atoms with E-state index in [1.807, 2.05) is 12.1 Å². The first-order chi connectivity index (χ1) is 13.0. The molecule has 0 bridgehead atoms. The Balaban J connectivity index is 1.73. The molecule has 1 saturated carbocycles. The van der Waals surface area contributed by atoms with Gasteiger partial charge in [0, 0.05) is 36.8 Å². The molecule has 0 aromatic heterocycles. The van der Waals surface area contributed by atoms with Crippen molar-refractivity contribution in [2.24, 2.45) is 0 Å². The van der Waals surface area contributed by atoms with E-state index in [4.69, 9.17) is 0 Å². The highest BCUT2D eigenvalue weighted by Crippen LogP contribution is 2.30. The van der Waals surface area contributed by atoms with Crippen LogP contribution < -0.4 is 5.32 Å². The van der Waals surface area contributed by atoms with Crippen molar-refractivity contribution < 1.29 is 14.5 Å². The highest BCUT2D eigenvalue weighted by atomic mass is 16.6. The minimum absolute atomic E-state index is 0.00395. The summed E-state index contributed by atoms with van der Waals surface area (Å²) in [5.41, 5.74) is 1.88. The first-order valence-corrected chi connectivity index (χ1v) is 8.82. The number of nitro groups is 1. The van der Waals surface area contributed by atoms with Crippen LogP contribution in [0.4, 0.5) is 5.69 Å². The van der Waals surface area contributed by atoms with Gasteiger partial charge in [-0.25, -0.2) is 0 Å². The number of amides is 2. The van der Waals surface area contributed by atoms with Crippen LogP contribution in [0.2, 0.25) is 0 Å². The fraction of sp³-hybridized carbons (Fsp3) is 0.300. The topological polar surface area (TPSA) is 92.6 Å². The van der Waals surface area contributed by atoms with Gasteiger partial charge in [-0.05, 0) is 30.5 Å². The second-order valence-corrected chi connectivity index (χ2v) is 6.59. The largest absolute Gasteiger partial charge is 0.355 e. The summed E-state index contributed by atoms with van der Waals surface area (Å²) >= 11 is 0. The predicted molar refractivity (Wildman–Crippen MR) is 100 cm³/mol. The Morgan fingerprint density at radius 2 is 1.81 bits per heavy atom. The van der Waals surface area contributed by atoms with Crippen molar-refractivity contribution in [3.05, 3.63) is 75.3 Å². The van der Waals surface area contributed by atoms with Crippen LogP contribution in [-0.4, -0.2) is 34.7 Å². The molecule has 7 nitrogen and oxygen atoms in total. The number of hydrogen-bond donors (Lipinski definition) is 1. The third kappa shape index (κ3) is 4.49. The smallest absolute Gasteiger partial charge is 0.273 e. The molecule has 3 rings (SSSR count). The number of para-hydroxylation sites is 1. The molecule has 0 aliphatic heterocycles. The molecule has 0 saturated heterocycles. The zero-order chi connectivity index (χ0) is 19.4. The third-order valence-electron chi connectivity index (χ3n) is 4.63. The van der Waals surface area contributed by atoms with Gasteiger partial charge in [0.25, 0.3) is 11.6 Å². The van der Waals surface area contributed by atoms with E-state index >= 15 is 0 Å².